The molecule has 1 N–H and O–H groups in total. The number of rotatable bonds is 8. The van der Waals surface area contributed by atoms with E-state index >= 15 is 0 Å². The molecule has 1 atom stereocenters. The molecule has 0 amide bonds. The average molecular weight is 373 g/mol. The summed E-state index contributed by atoms with van der Waals surface area (Å²) >= 11 is 3.39. The van der Waals surface area contributed by atoms with Crippen LogP contribution in [0.4, 0.5) is 0 Å². The van der Waals surface area contributed by atoms with Gasteiger partial charge in [0.15, 0.2) is 0 Å². The maximum absolute atomic E-state index is 11.6. The molecule has 0 aliphatic carbocycles. The van der Waals surface area contributed by atoms with Crippen LogP contribution in [-0.4, -0.2) is 32.1 Å². The predicted molar refractivity (Wildman–Crippen MR) is 104 cm³/mol. The number of allylic oxidation sites excluding steroid dienone is 2. The quantitative estimate of drug-likeness (QED) is 0.705. The van der Waals surface area contributed by atoms with Crippen LogP contribution in [0.15, 0.2) is 66.0 Å². The van der Waals surface area contributed by atoms with Crippen molar-refractivity contribution < 1.29 is 9.90 Å². The van der Waals surface area contributed by atoms with Crippen LogP contribution < -0.4 is 0 Å². The number of aryl methyl sites for hydroxylation is 1. The van der Waals surface area contributed by atoms with Gasteiger partial charge in [0.1, 0.15) is 5.37 Å². The van der Waals surface area contributed by atoms with Crippen molar-refractivity contribution in [2.75, 3.05) is 5.75 Å². The topological polar surface area (TPSA) is 53.4 Å². The highest BCUT2D eigenvalue weighted by Gasteiger charge is 2.27. The number of thioether (sulfide) groups is 1. The maximum atomic E-state index is 11.6. The zero-order valence-corrected chi connectivity index (χ0v) is 15.4. The fourth-order valence-corrected chi connectivity index (χ4v) is 4.64. The highest BCUT2D eigenvalue weighted by atomic mass is 32.2. The lowest BCUT2D eigenvalue weighted by Gasteiger charge is -2.32. The highest BCUT2D eigenvalue weighted by molar-refractivity contribution is 8.00. The summed E-state index contributed by atoms with van der Waals surface area (Å²) in [5.41, 5.74) is 1.72. The first-order valence-electron chi connectivity index (χ1n) is 8.14. The Hall–Kier alpha value is -2.05. The Labute approximate surface area is 155 Å². The van der Waals surface area contributed by atoms with E-state index in [0.717, 1.165) is 25.1 Å². The van der Waals surface area contributed by atoms with Crippen LogP contribution in [0.2, 0.25) is 0 Å². The first kappa shape index (κ1) is 17.8. The van der Waals surface area contributed by atoms with E-state index in [-0.39, 0.29) is 5.37 Å². The second-order valence-electron chi connectivity index (χ2n) is 5.70. The third kappa shape index (κ3) is 4.96. The molecule has 0 radical (unpaired) electrons. The van der Waals surface area contributed by atoms with E-state index in [1.54, 1.807) is 29.2 Å². The molecule has 1 aliphatic rings. The Morgan fingerprint density at radius 1 is 1.32 bits per heavy atom. The van der Waals surface area contributed by atoms with Crippen LogP contribution in [0.5, 0.6) is 0 Å². The lowest BCUT2D eigenvalue weighted by Crippen LogP contribution is -2.34. The van der Waals surface area contributed by atoms with E-state index in [9.17, 15) is 9.90 Å². The number of aliphatic carboxylic acids is 1. The number of hydrogen-bond acceptors (Lipinski definition) is 5. The molecule has 2 aromatic heterocycles. The van der Waals surface area contributed by atoms with Crippen molar-refractivity contribution in [1.29, 1.82) is 0 Å². The SMILES string of the molecule is O=C(O)C1=CC=CN(Cc2cccs2)C1SCCCc1ccncc1. The van der Waals surface area contributed by atoms with Crippen molar-refractivity contribution in [2.24, 2.45) is 0 Å². The molecule has 4 nitrogen and oxygen atoms in total. The van der Waals surface area contributed by atoms with E-state index in [1.807, 2.05) is 48.2 Å². The largest absolute Gasteiger partial charge is 0.478 e. The Bertz CT molecular complexity index is 742. The number of thiophene rings is 1. The summed E-state index contributed by atoms with van der Waals surface area (Å²) in [5.74, 6) is 0.0685. The predicted octanol–water partition coefficient (Wildman–Crippen LogP) is 4.18. The molecular formula is C19H20N2O2S2. The second-order valence-corrected chi connectivity index (χ2v) is 7.92. The standard InChI is InChI=1S/C19H20N2O2S2/c22-19(23)17-6-1-11-21(14-16-5-3-12-24-16)18(17)25-13-2-4-15-7-9-20-10-8-15/h1,3,5-12,18H,2,4,13-14H2,(H,22,23). The Morgan fingerprint density at radius 3 is 2.88 bits per heavy atom. The molecule has 1 aliphatic heterocycles. The van der Waals surface area contributed by atoms with Crippen LogP contribution in [0.3, 0.4) is 0 Å². The monoisotopic (exact) mass is 372 g/mol. The summed E-state index contributed by atoms with van der Waals surface area (Å²) in [7, 11) is 0. The Morgan fingerprint density at radius 2 is 2.16 bits per heavy atom. The number of nitrogens with zero attached hydrogens (tertiary/aromatic N) is 2. The fraction of sp³-hybridized carbons (Fsp3) is 0.263. The van der Waals surface area contributed by atoms with Gasteiger partial charge in [-0.2, -0.15) is 0 Å². The van der Waals surface area contributed by atoms with Gasteiger partial charge in [-0.05, 0) is 59.9 Å². The van der Waals surface area contributed by atoms with Gasteiger partial charge in [0, 0.05) is 23.5 Å². The summed E-state index contributed by atoms with van der Waals surface area (Å²) in [5, 5.41) is 11.4. The molecule has 0 fully saturated rings. The molecule has 6 heteroatoms. The van der Waals surface area contributed by atoms with Gasteiger partial charge in [-0.25, -0.2) is 4.79 Å². The Balaban J connectivity index is 1.60. The normalized spacial score (nSPS) is 16.7. The Kier molecular flexibility index (Phi) is 6.30. The van der Waals surface area contributed by atoms with Crippen LogP contribution >= 0.6 is 23.1 Å². The number of hydrogen-bond donors (Lipinski definition) is 1. The van der Waals surface area contributed by atoms with Crippen LogP contribution in [0.1, 0.15) is 16.9 Å². The smallest absolute Gasteiger partial charge is 0.334 e. The molecule has 0 bridgehead atoms. The third-order valence-corrected chi connectivity index (χ3v) is 6.15. The average Bonchev–Trinajstić information content (AvgIpc) is 3.13. The summed E-state index contributed by atoms with van der Waals surface area (Å²) in [6.07, 6.45) is 11.1. The van der Waals surface area contributed by atoms with Crippen molar-refractivity contribution in [3.05, 3.63) is 76.4 Å². The van der Waals surface area contributed by atoms with E-state index in [1.165, 1.54) is 10.4 Å². The van der Waals surface area contributed by atoms with Crippen molar-refractivity contribution in [1.82, 2.24) is 9.88 Å². The first-order chi connectivity index (χ1) is 12.2. The zero-order valence-electron chi connectivity index (χ0n) is 13.7. The van der Waals surface area contributed by atoms with Gasteiger partial charge < -0.3 is 10.0 Å². The van der Waals surface area contributed by atoms with Crippen molar-refractivity contribution in [3.8, 4) is 0 Å². The molecule has 0 saturated heterocycles. The zero-order chi connectivity index (χ0) is 17.5. The van der Waals surface area contributed by atoms with Crippen molar-refractivity contribution in [2.45, 2.75) is 24.8 Å². The second kappa shape index (κ2) is 8.87. The molecule has 3 heterocycles. The van der Waals surface area contributed by atoms with Crippen molar-refractivity contribution in [3.63, 3.8) is 0 Å². The van der Waals surface area contributed by atoms with E-state index in [4.69, 9.17) is 0 Å². The van der Waals surface area contributed by atoms with Gasteiger partial charge in [-0.3, -0.25) is 4.98 Å². The van der Waals surface area contributed by atoms with Gasteiger partial charge in [0.2, 0.25) is 0 Å². The minimum Gasteiger partial charge on any atom is -0.478 e. The fourth-order valence-electron chi connectivity index (χ4n) is 2.70. The number of pyridine rings is 1. The van der Waals surface area contributed by atoms with Crippen LogP contribution in [0.25, 0.3) is 0 Å². The maximum Gasteiger partial charge on any atom is 0.334 e. The summed E-state index contributed by atoms with van der Waals surface area (Å²) in [4.78, 5) is 19.0. The van der Waals surface area contributed by atoms with Crippen LogP contribution in [0, 0.1) is 0 Å². The van der Waals surface area contributed by atoms with Gasteiger partial charge in [0.25, 0.3) is 0 Å². The number of aromatic nitrogens is 1. The number of carboxylic acids is 1. The number of carboxylic acid groups (broad SMARTS) is 1. The molecule has 130 valence electrons. The molecule has 25 heavy (non-hydrogen) atoms. The van der Waals surface area contributed by atoms with Gasteiger partial charge >= 0.3 is 5.97 Å². The lowest BCUT2D eigenvalue weighted by molar-refractivity contribution is -0.133. The number of carbonyl (C=O) groups is 1. The van der Waals surface area contributed by atoms with Gasteiger partial charge in [0.05, 0.1) is 12.1 Å². The van der Waals surface area contributed by atoms with Crippen molar-refractivity contribution >= 4 is 29.1 Å². The highest BCUT2D eigenvalue weighted by Crippen LogP contribution is 2.30. The van der Waals surface area contributed by atoms with Gasteiger partial charge in [-0.15, -0.1) is 23.1 Å². The van der Waals surface area contributed by atoms with Crippen LogP contribution in [-0.2, 0) is 17.8 Å². The lowest BCUT2D eigenvalue weighted by atomic mass is 10.2. The minimum atomic E-state index is -0.841. The summed E-state index contributed by atoms with van der Waals surface area (Å²) in [6, 6.07) is 8.17. The molecule has 1 unspecified atom stereocenters. The van der Waals surface area contributed by atoms with Gasteiger partial charge in [-0.1, -0.05) is 6.07 Å². The first-order valence-corrected chi connectivity index (χ1v) is 10.1. The molecule has 3 rings (SSSR count). The van der Waals surface area contributed by atoms with E-state index in [2.05, 4.69) is 16.0 Å². The summed E-state index contributed by atoms with van der Waals surface area (Å²) < 4.78 is 0. The summed E-state index contributed by atoms with van der Waals surface area (Å²) in [6.45, 7) is 0.737. The molecular weight excluding hydrogens is 352 g/mol. The third-order valence-electron chi connectivity index (χ3n) is 3.92. The molecule has 0 aromatic carbocycles. The molecule has 2 aromatic rings. The van der Waals surface area contributed by atoms with E-state index in [0.29, 0.717) is 5.57 Å². The molecule has 0 saturated carbocycles. The minimum absolute atomic E-state index is 0.151. The molecule has 0 spiro atoms. The van der Waals surface area contributed by atoms with E-state index < -0.39 is 5.97 Å².